The van der Waals surface area contributed by atoms with Crippen LogP contribution in [0, 0.1) is 11.3 Å². The molecule has 1 aliphatic carbocycles. The third-order valence-corrected chi connectivity index (χ3v) is 4.91. The first-order valence-corrected chi connectivity index (χ1v) is 7.29. The standard InChI is InChI=1S/C15H30/c1-4-7-13-15(5-2,6-3)14-11-9-8-10-12-14/h14H,4-13H2,1-3H3. The summed E-state index contributed by atoms with van der Waals surface area (Å²) in [5.74, 6) is 1.05. The fourth-order valence-corrected chi connectivity index (χ4v) is 3.63. The van der Waals surface area contributed by atoms with Gasteiger partial charge in [-0.3, -0.25) is 0 Å². The SMILES string of the molecule is CCCCC(CC)(CC)C1CCCCC1. The third kappa shape index (κ3) is 3.23. The van der Waals surface area contributed by atoms with Crippen LogP contribution in [0.3, 0.4) is 0 Å². The Labute approximate surface area is 96.8 Å². The summed E-state index contributed by atoms with van der Waals surface area (Å²) in [4.78, 5) is 0. The van der Waals surface area contributed by atoms with E-state index in [4.69, 9.17) is 0 Å². The highest BCUT2D eigenvalue weighted by Gasteiger charge is 2.35. The highest BCUT2D eigenvalue weighted by atomic mass is 14.4. The fraction of sp³-hybridized carbons (Fsp3) is 1.00. The van der Waals surface area contributed by atoms with E-state index in [1.165, 1.54) is 64.2 Å². The molecule has 15 heavy (non-hydrogen) atoms. The van der Waals surface area contributed by atoms with E-state index in [0.717, 1.165) is 5.92 Å². The van der Waals surface area contributed by atoms with Crippen molar-refractivity contribution in [1.82, 2.24) is 0 Å². The van der Waals surface area contributed by atoms with Crippen LogP contribution in [0.2, 0.25) is 0 Å². The van der Waals surface area contributed by atoms with Gasteiger partial charge in [-0.25, -0.2) is 0 Å². The van der Waals surface area contributed by atoms with Gasteiger partial charge < -0.3 is 0 Å². The van der Waals surface area contributed by atoms with Crippen LogP contribution in [0.25, 0.3) is 0 Å². The van der Waals surface area contributed by atoms with E-state index in [1.807, 2.05) is 0 Å². The van der Waals surface area contributed by atoms with E-state index in [-0.39, 0.29) is 0 Å². The summed E-state index contributed by atoms with van der Waals surface area (Å²) in [7, 11) is 0. The maximum absolute atomic E-state index is 2.42. The largest absolute Gasteiger partial charge is 0.0654 e. The summed E-state index contributed by atoms with van der Waals surface area (Å²) >= 11 is 0. The van der Waals surface area contributed by atoms with E-state index in [9.17, 15) is 0 Å². The Bertz CT molecular complexity index is 149. The first kappa shape index (κ1) is 13.1. The maximum Gasteiger partial charge on any atom is -0.0274 e. The van der Waals surface area contributed by atoms with Gasteiger partial charge >= 0.3 is 0 Å². The van der Waals surface area contributed by atoms with Crippen molar-refractivity contribution in [3.05, 3.63) is 0 Å². The average Bonchev–Trinajstić information content (AvgIpc) is 2.33. The molecule has 0 radical (unpaired) electrons. The van der Waals surface area contributed by atoms with Gasteiger partial charge in [-0.2, -0.15) is 0 Å². The van der Waals surface area contributed by atoms with Crippen molar-refractivity contribution in [1.29, 1.82) is 0 Å². The van der Waals surface area contributed by atoms with Gasteiger partial charge in [-0.05, 0) is 30.6 Å². The molecule has 1 rings (SSSR count). The zero-order chi connectivity index (χ0) is 11.1. The summed E-state index contributed by atoms with van der Waals surface area (Å²) in [6.45, 7) is 7.18. The lowest BCUT2D eigenvalue weighted by Gasteiger charge is -2.42. The second kappa shape index (κ2) is 6.55. The molecule has 90 valence electrons. The normalized spacial score (nSPS) is 19.4. The molecule has 0 heteroatoms. The first-order chi connectivity index (χ1) is 7.29. The summed E-state index contributed by atoms with van der Waals surface area (Å²) in [6.07, 6.45) is 14.7. The molecule has 1 saturated carbocycles. The smallest absolute Gasteiger partial charge is 0.0274 e. The highest BCUT2D eigenvalue weighted by molar-refractivity contribution is 4.86. The zero-order valence-corrected chi connectivity index (χ0v) is 11.1. The molecule has 0 saturated heterocycles. The van der Waals surface area contributed by atoms with Crippen molar-refractivity contribution in [2.75, 3.05) is 0 Å². The zero-order valence-electron chi connectivity index (χ0n) is 11.1. The predicted octanol–water partition coefficient (Wildman–Crippen LogP) is 5.56. The Hall–Kier alpha value is 0. The van der Waals surface area contributed by atoms with Crippen molar-refractivity contribution >= 4 is 0 Å². The lowest BCUT2D eigenvalue weighted by molar-refractivity contribution is 0.0895. The summed E-state index contributed by atoms with van der Waals surface area (Å²) < 4.78 is 0. The molecular formula is C15H30. The number of hydrogen-bond acceptors (Lipinski definition) is 0. The van der Waals surface area contributed by atoms with Gasteiger partial charge in [-0.1, -0.05) is 65.7 Å². The minimum Gasteiger partial charge on any atom is -0.0654 e. The van der Waals surface area contributed by atoms with Crippen molar-refractivity contribution in [3.63, 3.8) is 0 Å². The van der Waals surface area contributed by atoms with E-state index < -0.39 is 0 Å². The van der Waals surface area contributed by atoms with Gasteiger partial charge in [-0.15, -0.1) is 0 Å². The van der Waals surface area contributed by atoms with E-state index in [0.29, 0.717) is 5.41 Å². The quantitative estimate of drug-likeness (QED) is 0.538. The molecule has 1 fully saturated rings. The molecule has 0 bridgehead atoms. The fourth-order valence-electron chi connectivity index (χ4n) is 3.63. The Morgan fingerprint density at radius 1 is 0.933 bits per heavy atom. The lowest BCUT2D eigenvalue weighted by atomic mass is 9.63. The predicted molar refractivity (Wildman–Crippen MR) is 69.1 cm³/mol. The van der Waals surface area contributed by atoms with E-state index >= 15 is 0 Å². The van der Waals surface area contributed by atoms with Crippen LogP contribution in [0.15, 0.2) is 0 Å². The Kier molecular flexibility index (Phi) is 5.71. The monoisotopic (exact) mass is 210 g/mol. The van der Waals surface area contributed by atoms with Crippen molar-refractivity contribution in [2.45, 2.75) is 85.0 Å². The average molecular weight is 210 g/mol. The molecule has 0 aromatic heterocycles. The topological polar surface area (TPSA) is 0 Å². The summed E-state index contributed by atoms with van der Waals surface area (Å²) in [5.41, 5.74) is 0.705. The van der Waals surface area contributed by atoms with Crippen molar-refractivity contribution < 1.29 is 0 Å². The van der Waals surface area contributed by atoms with Crippen LogP contribution in [-0.2, 0) is 0 Å². The van der Waals surface area contributed by atoms with Crippen molar-refractivity contribution in [3.8, 4) is 0 Å². The molecule has 0 spiro atoms. The second-order valence-corrected chi connectivity index (χ2v) is 5.51. The minimum atomic E-state index is 0.705. The van der Waals surface area contributed by atoms with Gasteiger partial charge in [0.1, 0.15) is 0 Å². The molecule has 0 unspecified atom stereocenters. The number of rotatable bonds is 6. The van der Waals surface area contributed by atoms with Gasteiger partial charge in [0.2, 0.25) is 0 Å². The summed E-state index contributed by atoms with van der Waals surface area (Å²) in [5, 5.41) is 0. The molecule has 0 N–H and O–H groups in total. The van der Waals surface area contributed by atoms with Crippen LogP contribution in [0.1, 0.15) is 85.0 Å². The first-order valence-electron chi connectivity index (χ1n) is 7.29. The number of unbranched alkanes of at least 4 members (excludes halogenated alkanes) is 1. The van der Waals surface area contributed by atoms with Crippen LogP contribution in [-0.4, -0.2) is 0 Å². The van der Waals surface area contributed by atoms with Crippen LogP contribution in [0.4, 0.5) is 0 Å². The molecule has 0 atom stereocenters. The van der Waals surface area contributed by atoms with E-state index in [2.05, 4.69) is 20.8 Å². The molecule has 0 aliphatic heterocycles. The summed E-state index contributed by atoms with van der Waals surface area (Å²) in [6, 6.07) is 0. The molecule has 0 nitrogen and oxygen atoms in total. The molecule has 0 heterocycles. The van der Waals surface area contributed by atoms with Gasteiger partial charge in [0.25, 0.3) is 0 Å². The molecule has 0 amide bonds. The van der Waals surface area contributed by atoms with Crippen LogP contribution < -0.4 is 0 Å². The minimum absolute atomic E-state index is 0.705. The Balaban J connectivity index is 2.59. The maximum atomic E-state index is 2.42. The third-order valence-electron chi connectivity index (χ3n) is 4.91. The van der Waals surface area contributed by atoms with Gasteiger partial charge in [0, 0.05) is 0 Å². The molecular weight excluding hydrogens is 180 g/mol. The van der Waals surface area contributed by atoms with Gasteiger partial charge in [0.15, 0.2) is 0 Å². The second-order valence-electron chi connectivity index (χ2n) is 5.51. The molecule has 1 aliphatic rings. The van der Waals surface area contributed by atoms with Gasteiger partial charge in [0.05, 0.1) is 0 Å². The highest BCUT2D eigenvalue weighted by Crippen LogP contribution is 2.46. The van der Waals surface area contributed by atoms with E-state index in [1.54, 1.807) is 0 Å². The molecule has 0 aromatic carbocycles. The van der Waals surface area contributed by atoms with Crippen LogP contribution >= 0.6 is 0 Å². The Morgan fingerprint density at radius 3 is 2.00 bits per heavy atom. The number of hydrogen-bond donors (Lipinski definition) is 0. The molecule has 0 aromatic rings. The van der Waals surface area contributed by atoms with Crippen LogP contribution in [0.5, 0.6) is 0 Å². The van der Waals surface area contributed by atoms with Crippen molar-refractivity contribution in [2.24, 2.45) is 11.3 Å². The Morgan fingerprint density at radius 2 is 1.53 bits per heavy atom. The lowest BCUT2D eigenvalue weighted by Crippen LogP contribution is -2.31.